The summed E-state index contributed by atoms with van der Waals surface area (Å²) in [6.45, 7) is 2.85. The van der Waals surface area contributed by atoms with Crippen molar-refractivity contribution < 1.29 is 4.42 Å². The van der Waals surface area contributed by atoms with Gasteiger partial charge in [-0.1, -0.05) is 0 Å². The second-order valence-corrected chi connectivity index (χ2v) is 5.30. The first-order valence-corrected chi connectivity index (χ1v) is 7.12. The summed E-state index contributed by atoms with van der Waals surface area (Å²) in [6.07, 6.45) is 6.50. The number of hydrogen-bond donors (Lipinski definition) is 1. The molecule has 5 nitrogen and oxygen atoms in total. The summed E-state index contributed by atoms with van der Waals surface area (Å²) >= 11 is 0. The van der Waals surface area contributed by atoms with Crippen molar-refractivity contribution in [3.05, 3.63) is 59.9 Å². The molecule has 0 spiro atoms. The molecule has 0 aromatic carbocycles. The van der Waals surface area contributed by atoms with Gasteiger partial charge in [-0.15, -0.1) is 0 Å². The first-order valence-electron chi connectivity index (χ1n) is 7.12. The molecule has 0 saturated heterocycles. The molecular weight excluding hydrogens is 264 g/mol. The summed E-state index contributed by atoms with van der Waals surface area (Å²) < 4.78 is 5.36. The zero-order valence-electron chi connectivity index (χ0n) is 11.6. The zero-order chi connectivity index (χ0) is 14.1. The van der Waals surface area contributed by atoms with E-state index in [-0.39, 0.29) is 0 Å². The molecular formula is C16H16N4O. The zero-order valence-corrected chi connectivity index (χ0v) is 11.6. The van der Waals surface area contributed by atoms with Crippen molar-refractivity contribution in [1.29, 1.82) is 0 Å². The van der Waals surface area contributed by atoms with Crippen LogP contribution in [0.2, 0.25) is 0 Å². The molecule has 1 aliphatic rings. The van der Waals surface area contributed by atoms with Crippen molar-refractivity contribution in [1.82, 2.24) is 19.9 Å². The molecule has 1 N–H and O–H groups in total. The maximum absolute atomic E-state index is 5.36. The molecule has 3 aromatic rings. The van der Waals surface area contributed by atoms with E-state index in [4.69, 9.17) is 4.42 Å². The highest BCUT2D eigenvalue weighted by molar-refractivity contribution is 5.46. The quantitative estimate of drug-likeness (QED) is 0.801. The van der Waals surface area contributed by atoms with Gasteiger partial charge in [0.2, 0.25) is 0 Å². The summed E-state index contributed by atoms with van der Waals surface area (Å²) in [7, 11) is 0. The molecule has 0 bridgehead atoms. The molecule has 0 unspecified atom stereocenters. The maximum atomic E-state index is 5.36. The third-order valence-electron chi connectivity index (χ3n) is 3.81. The molecule has 0 amide bonds. The van der Waals surface area contributed by atoms with Gasteiger partial charge >= 0.3 is 0 Å². The second kappa shape index (κ2) is 5.18. The van der Waals surface area contributed by atoms with Gasteiger partial charge in [0.25, 0.3) is 0 Å². The van der Waals surface area contributed by atoms with Crippen molar-refractivity contribution in [2.45, 2.75) is 19.5 Å². The number of furan rings is 1. The van der Waals surface area contributed by atoms with Gasteiger partial charge in [-0.3, -0.25) is 4.90 Å². The Hall–Kier alpha value is -2.40. The molecule has 4 rings (SSSR count). The minimum Gasteiger partial charge on any atom is -0.461 e. The van der Waals surface area contributed by atoms with Gasteiger partial charge < -0.3 is 9.40 Å². The van der Waals surface area contributed by atoms with Crippen LogP contribution in [0.1, 0.15) is 17.0 Å². The Balaban J connectivity index is 1.54. The molecule has 4 heterocycles. The van der Waals surface area contributed by atoms with Crippen LogP contribution >= 0.6 is 0 Å². The van der Waals surface area contributed by atoms with Crippen molar-refractivity contribution in [2.24, 2.45) is 0 Å². The highest BCUT2D eigenvalue weighted by atomic mass is 16.3. The van der Waals surface area contributed by atoms with Gasteiger partial charge in [-0.05, 0) is 24.3 Å². The van der Waals surface area contributed by atoms with E-state index < -0.39 is 0 Å². The van der Waals surface area contributed by atoms with Crippen LogP contribution in [-0.2, 0) is 19.5 Å². The Morgan fingerprint density at radius 3 is 3.10 bits per heavy atom. The van der Waals surface area contributed by atoms with Crippen LogP contribution in [-0.4, -0.2) is 26.4 Å². The lowest BCUT2D eigenvalue weighted by Gasteiger charge is -2.27. The highest BCUT2D eigenvalue weighted by Gasteiger charge is 2.19. The van der Waals surface area contributed by atoms with Crippen LogP contribution < -0.4 is 0 Å². The summed E-state index contributed by atoms with van der Waals surface area (Å²) in [6, 6.07) is 7.90. The molecule has 21 heavy (non-hydrogen) atoms. The Morgan fingerprint density at radius 1 is 1.29 bits per heavy atom. The predicted octanol–water partition coefficient (Wildman–Crippen LogP) is 2.62. The van der Waals surface area contributed by atoms with Crippen molar-refractivity contribution in [2.75, 3.05) is 6.54 Å². The summed E-state index contributed by atoms with van der Waals surface area (Å²) in [5.41, 5.74) is 3.59. The summed E-state index contributed by atoms with van der Waals surface area (Å²) in [5.74, 6) is 1.41. The van der Waals surface area contributed by atoms with Gasteiger partial charge in [0.05, 0.1) is 12.0 Å². The summed E-state index contributed by atoms with van der Waals surface area (Å²) in [5, 5.41) is 0. The number of rotatable bonds is 3. The van der Waals surface area contributed by atoms with Crippen LogP contribution in [0.25, 0.3) is 11.6 Å². The normalized spacial score (nSPS) is 15.0. The van der Waals surface area contributed by atoms with Gasteiger partial charge in [0.15, 0.2) is 11.6 Å². The third-order valence-corrected chi connectivity index (χ3v) is 3.81. The largest absolute Gasteiger partial charge is 0.461 e. The van der Waals surface area contributed by atoms with Crippen LogP contribution in [0.3, 0.4) is 0 Å². The molecule has 0 radical (unpaired) electrons. The molecule has 0 atom stereocenters. The molecule has 0 saturated carbocycles. The van der Waals surface area contributed by atoms with Crippen LogP contribution in [0, 0.1) is 0 Å². The Bertz CT molecular complexity index is 719. The number of H-pyrrole nitrogens is 1. The average molecular weight is 280 g/mol. The minimum atomic E-state index is 0.677. The fourth-order valence-electron chi connectivity index (χ4n) is 2.74. The van der Waals surface area contributed by atoms with E-state index >= 15 is 0 Å². The lowest BCUT2D eigenvalue weighted by Crippen LogP contribution is -2.31. The fraction of sp³-hybridized carbons (Fsp3) is 0.250. The van der Waals surface area contributed by atoms with Crippen molar-refractivity contribution in [3.63, 3.8) is 0 Å². The lowest BCUT2D eigenvalue weighted by atomic mass is 10.1. The number of nitrogens with zero attached hydrogens (tertiary/aromatic N) is 3. The molecule has 5 heteroatoms. The van der Waals surface area contributed by atoms with Gasteiger partial charge in [-0.2, -0.15) is 0 Å². The first-order chi connectivity index (χ1) is 10.4. The number of nitrogens with one attached hydrogen (secondary N) is 1. The SMILES string of the molecule is c1c[nH]c(CN2CCc3nc(-c4ccco4)ncc3C2)c1. The minimum absolute atomic E-state index is 0.677. The fourth-order valence-corrected chi connectivity index (χ4v) is 2.74. The molecule has 3 aromatic heterocycles. The highest BCUT2D eigenvalue weighted by Crippen LogP contribution is 2.22. The molecule has 0 aliphatic carbocycles. The Kier molecular flexibility index (Phi) is 3.05. The van der Waals surface area contributed by atoms with E-state index in [1.54, 1.807) is 6.26 Å². The molecule has 106 valence electrons. The number of hydrogen-bond acceptors (Lipinski definition) is 4. The van der Waals surface area contributed by atoms with Gasteiger partial charge in [0, 0.05) is 49.7 Å². The predicted molar refractivity (Wildman–Crippen MR) is 78.3 cm³/mol. The van der Waals surface area contributed by atoms with E-state index in [9.17, 15) is 0 Å². The van der Waals surface area contributed by atoms with Crippen LogP contribution in [0.15, 0.2) is 47.3 Å². The van der Waals surface area contributed by atoms with Crippen LogP contribution in [0.4, 0.5) is 0 Å². The van der Waals surface area contributed by atoms with E-state index in [1.807, 2.05) is 30.6 Å². The average Bonchev–Trinajstić information content (AvgIpc) is 3.20. The topological polar surface area (TPSA) is 58.0 Å². The number of aromatic amines is 1. The third kappa shape index (κ3) is 2.48. The van der Waals surface area contributed by atoms with Crippen molar-refractivity contribution in [3.8, 4) is 11.6 Å². The summed E-state index contributed by atoms with van der Waals surface area (Å²) in [4.78, 5) is 14.7. The van der Waals surface area contributed by atoms with Gasteiger partial charge in [-0.25, -0.2) is 9.97 Å². The number of fused-ring (bicyclic) bond motifs is 1. The smallest absolute Gasteiger partial charge is 0.195 e. The van der Waals surface area contributed by atoms with E-state index in [0.29, 0.717) is 5.82 Å². The van der Waals surface area contributed by atoms with E-state index in [0.717, 1.165) is 37.5 Å². The molecule has 1 aliphatic heterocycles. The first kappa shape index (κ1) is 12.3. The Morgan fingerprint density at radius 2 is 2.29 bits per heavy atom. The van der Waals surface area contributed by atoms with Crippen molar-refractivity contribution >= 4 is 0 Å². The van der Waals surface area contributed by atoms with E-state index in [2.05, 4.69) is 25.9 Å². The standard InChI is InChI=1S/C16H16N4O/c1-3-13(17-6-1)11-20-7-5-14-12(10-20)9-18-16(19-14)15-4-2-8-21-15/h1-4,6,8-9,17H,5,7,10-11H2. The molecule has 0 fully saturated rings. The lowest BCUT2D eigenvalue weighted by molar-refractivity contribution is 0.240. The second-order valence-electron chi connectivity index (χ2n) is 5.30. The van der Waals surface area contributed by atoms with E-state index in [1.165, 1.54) is 11.3 Å². The maximum Gasteiger partial charge on any atom is 0.195 e. The van der Waals surface area contributed by atoms with Gasteiger partial charge in [0.1, 0.15) is 0 Å². The Labute approximate surface area is 122 Å². The monoisotopic (exact) mass is 280 g/mol. The number of aromatic nitrogens is 3. The van der Waals surface area contributed by atoms with Crippen LogP contribution in [0.5, 0.6) is 0 Å².